The first-order chi connectivity index (χ1) is 6.79. The van der Waals surface area contributed by atoms with Crippen LogP contribution in [0, 0.1) is 0 Å². The van der Waals surface area contributed by atoms with Crippen molar-refractivity contribution in [3.05, 3.63) is 12.3 Å². The maximum absolute atomic E-state index is 11.5. The van der Waals surface area contributed by atoms with Gasteiger partial charge in [-0.2, -0.15) is 5.10 Å². The average molecular weight is 194 g/mol. The standard InChI is InChI=1S/C9H14N4O/c1-2-13-6-4-8(12-13)11-9(14)7-3-5-10-7/h4,6-7,10H,2-3,5H2,1H3,(H,11,12,14). The lowest BCUT2D eigenvalue weighted by atomic mass is 10.1. The molecule has 0 aliphatic carbocycles. The second-order valence-electron chi connectivity index (χ2n) is 3.34. The molecule has 1 amide bonds. The van der Waals surface area contributed by atoms with Crippen LogP contribution in [0.3, 0.4) is 0 Å². The number of amides is 1. The Morgan fingerprint density at radius 3 is 3.14 bits per heavy atom. The molecule has 1 saturated heterocycles. The second kappa shape index (κ2) is 3.79. The van der Waals surface area contributed by atoms with Gasteiger partial charge < -0.3 is 10.6 Å². The Kier molecular flexibility index (Phi) is 2.49. The number of carbonyl (C=O) groups excluding carboxylic acids is 1. The highest BCUT2D eigenvalue weighted by Crippen LogP contribution is 2.07. The molecule has 0 saturated carbocycles. The monoisotopic (exact) mass is 194 g/mol. The van der Waals surface area contributed by atoms with E-state index in [1.54, 1.807) is 10.7 Å². The van der Waals surface area contributed by atoms with Gasteiger partial charge in [0.05, 0.1) is 6.04 Å². The Labute approximate surface area is 82.5 Å². The van der Waals surface area contributed by atoms with Crippen LogP contribution >= 0.6 is 0 Å². The lowest BCUT2D eigenvalue weighted by Crippen LogP contribution is -2.50. The van der Waals surface area contributed by atoms with Crippen molar-refractivity contribution < 1.29 is 4.79 Å². The lowest BCUT2D eigenvalue weighted by molar-refractivity contribution is -0.119. The third-order valence-electron chi connectivity index (χ3n) is 2.36. The number of nitrogens with one attached hydrogen (secondary N) is 2. The fourth-order valence-electron chi connectivity index (χ4n) is 1.33. The van der Waals surface area contributed by atoms with E-state index in [1.807, 2.05) is 13.1 Å². The van der Waals surface area contributed by atoms with Gasteiger partial charge in [0.2, 0.25) is 5.91 Å². The molecule has 1 unspecified atom stereocenters. The van der Waals surface area contributed by atoms with E-state index in [4.69, 9.17) is 0 Å². The Balaban J connectivity index is 1.92. The average Bonchev–Trinajstić information content (AvgIpc) is 2.48. The topological polar surface area (TPSA) is 59.0 Å². The first-order valence-electron chi connectivity index (χ1n) is 4.87. The summed E-state index contributed by atoms with van der Waals surface area (Å²) in [6.45, 7) is 3.76. The van der Waals surface area contributed by atoms with Crippen LogP contribution in [0.4, 0.5) is 5.82 Å². The van der Waals surface area contributed by atoms with Crippen LogP contribution in [0.15, 0.2) is 12.3 Å². The summed E-state index contributed by atoms with van der Waals surface area (Å²) in [5.74, 6) is 0.642. The van der Waals surface area contributed by atoms with E-state index in [9.17, 15) is 4.79 Å². The van der Waals surface area contributed by atoms with Crippen LogP contribution < -0.4 is 10.6 Å². The number of aryl methyl sites for hydroxylation is 1. The Bertz CT molecular complexity index is 329. The highest BCUT2D eigenvalue weighted by molar-refractivity contribution is 5.94. The molecule has 2 heterocycles. The molecule has 0 spiro atoms. The van der Waals surface area contributed by atoms with Crippen LogP contribution in [-0.4, -0.2) is 28.3 Å². The summed E-state index contributed by atoms with van der Waals surface area (Å²) >= 11 is 0. The van der Waals surface area contributed by atoms with Crippen molar-refractivity contribution in [2.75, 3.05) is 11.9 Å². The van der Waals surface area contributed by atoms with E-state index in [0.29, 0.717) is 5.82 Å². The minimum Gasteiger partial charge on any atom is -0.308 e. The number of nitrogens with zero attached hydrogens (tertiary/aromatic N) is 2. The summed E-state index contributed by atoms with van der Waals surface area (Å²) < 4.78 is 1.78. The number of carbonyl (C=O) groups is 1. The molecule has 1 atom stereocenters. The summed E-state index contributed by atoms with van der Waals surface area (Å²) in [6, 6.07) is 1.78. The van der Waals surface area contributed by atoms with Gasteiger partial charge in [0.1, 0.15) is 0 Å². The highest BCUT2D eigenvalue weighted by Gasteiger charge is 2.24. The van der Waals surface area contributed by atoms with Gasteiger partial charge in [0, 0.05) is 18.8 Å². The zero-order valence-electron chi connectivity index (χ0n) is 8.16. The van der Waals surface area contributed by atoms with Crippen LogP contribution in [0.2, 0.25) is 0 Å². The molecule has 5 heteroatoms. The van der Waals surface area contributed by atoms with Crippen LogP contribution in [0.5, 0.6) is 0 Å². The van der Waals surface area contributed by atoms with E-state index >= 15 is 0 Å². The maximum Gasteiger partial charge on any atom is 0.242 e. The van der Waals surface area contributed by atoms with Gasteiger partial charge in [0.15, 0.2) is 5.82 Å². The first-order valence-corrected chi connectivity index (χ1v) is 4.87. The fraction of sp³-hybridized carbons (Fsp3) is 0.556. The van der Waals surface area contributed by atoms with Gasteiger partial charge in [0.25, 0.3) is 0 Å². The Morgan fingerprint density at radius 2 is 2.64 bits per heavy atom. The van der Waals surface area contributed by atoms with E-state index in [0.717, 1.165) is 19.5 Å². The van der Waals surface area contributed by atoms with E-state index in [2.05, 4.69) is 15.7 Å². The quantitative estimate of drug-likeness (QED) is 0.722. The molecule has 1 fully saturated rings. The molecule has 1 aliphatic heterocycles. The van der Waals surface area contributed by atoms with Gasteiger partial charge in [-0.05, 0) is 19.9 Å². The summed E-state index contributed by atoms with van der Waals surface area (Å²) in [5.41, 5.74) is 0. The predicted octanol–water partition coefficient (Wildman–Crippen LogP) is 0.203. The third-order valence-corrected chi connectivity index (χ3v) is 2.36. The number of hydrogen-bond donors (Lipinski definition) is 2. The summed E-state index contributed by atoms with van der Waals surface area (Å²) in [6.07, 6.45) is 2.77. The van der Waals surface area contributed by atoms with E-state index < -0.39 is 0 Å². The largest absolute Gasteiger partial charge is 0.308 e. The fourth-order valence-corrected chi connectivity index (χ4v) is 1.33. The normalized spacial score (nSPS) is 20.2. The number of rotatable bonds is 3. The van der Waals surface area contributed by atoms with Crippen molar-refractivity contribution in [2.24, 2.45) is 0 Å². The smallest absolute Gasteiger partial charge is 0.242 e. The van der Waals surface area contributed by atoms with Crippen molar-refractivity contribution in [3.8, 4) is 0 Å². The van der Waals surface area contributed by atoms with E-state index in [1.165, 1.54) is 0 Å². The minimum atomic E-state index is -0.0261. The molecule has 1 aromatic rings. The number of hydrogen-bond acceptors (Lipinski definition) is 3. The lowest BCUT2D eigenvalue weighted by Gasteiger charge is -2.25. The van der Waals surface area contributed by atoms with Crippen molar-refractivity contribution in [2.45, 2.75) is 25.9 Å². The molecule has 5 nitrogen and oxygen atoms in total. The molecule has 2 rings (SSSR count). The van der Waals surface area contributed by atoms with Crippen molar-refractivity contribution in [1.29, 1.82) is 0 Å². The highest BCUT2D eigenvalue weighted by atomic mass is 16.2. The van der Waals surface area contributed by atoms with Crippen molar-refractivity contribution in [3.63, 3.8) is 0 Å². The van der Waals surface area contributed by atoms with Gasteiger partial charge >= 0.3 is 0 Å². The van der Waals surface area contributed by atoms with Crippen LogP contribution in [0.1, 0.15) is 13.3 Å². The van der Waals surface area contributed by atoms with Crippen LogP contribution in [0.25, 0.3) is 0 Å². The molecule has 1 aliphatic rings. The summed E-state index contributed by atoms with van der Waals surface area (Å²) in [5, 5.41) is 9.97. The van der Waals surface area contributed by atoms with Gasteiger partial charge in [-0.3, -0.25) is 9.48 Å². The Morgan fingerprint density at radius 1 is 1.86 bits per heavy atom. The number of aromatic nitrogens is 2. The van der Waals surface area contributed by atoms with Crippen molar-refractivity contribution >= 4 is 11.7 Å². The molecule has 2 N–H and O–H groups in total. The molecule has 0 aromatic carbocycles. The molecular formula is C9H14N4O. The zero-order chi connectivity index (χ0) is 9.97. The molecule has 76 valence electrons. The first kappa shape index (κ1) is 9.21. The summed E-state index contributed by atoms with van der Waals surface area (Å²) in [7, 11) is 0. The molecule has 0 radical (unpaired) electrons. The maximum atomic E-state index is 11.5. The number of anilines is 1. The third kappa shape index (κ3) is 1.77. The molecule has 14 heavy (non-hydrogen) atoms. The predicted molar refractivity (Wildman–Crippen MR) is 52.9 cm³/mol. The second-order valence-corrected chi connectivity index (χ2v) is 3.34. The van der Waals surface area contributed by atoms with Crippen molar-refractivity contribution in [1.82, 2.24) is 15.1 Å². The SMILES string of the molecule is CCn1ccc(NC(=O)C2CCN2)n1. The van der Waals surface area contributed by atoms with Gasteiger partial charge in [-0.1, -0.05) is 0 Å². The summed E-state index contributed by atoms with van der Waals surface area (Å²) in [4.78, 5) is 11.5. The van der Waals surface area contributed by atoms with Crippen LogP contribution in [-0.2, 0) is 11.3 Å². The van der Waals surface area contributed by atoms with E-state index in [-0.39, 0.29) is 11.9 Å². The molecule has 1 aromatic heterocycles. The Hall–Kier alpha value is -1.36. The molecule has 0 bridgehead atoms. The zero-order valence-corrected chi connectivity index (χ0v) is 8.16. The molecular weight excluding hydrogens is 180 g/mol. The minimum absolute atomic E-state index is 0.0117. The van der Waals surface area contributed by atoms with Gasteiger partial charge in [-0.25, -0.2) is 0 Å². The van der Waals surface area contributed by atoms with Gasteiger partial charge in [-0.15, -0.1) is 0 Å².